The number of hydrogen-bond donors (Lipinski definition) is 3. The minimum Gasteiger partial charge on any atom is -0.480 e. The number of benzene rings is 1. The number of hydrogen-bond acceptors (Lipinski definition) is 4. The van der Waals surface area contributed by atoms with Crippen molar-refractivity contribution in [2.45, 2.75) is 4.90 Å². The Bertz CT molecular complexity index is 635. The molecule has 0 radical (unpaired) electrons. The van der Waals surface area contributed by atoms with Crippen LogP contribution >= 0.6 is 27.5 Å². The molecule has 0 aliphatic rings. The molecule has 0 fully saturated rings. The Morgan fingerprint density at radius 1 is 1.30 bits per heavy atom. The molecular weight excluding hydrogens is 376 g/mol. The van der Waals surface area contributed by atoms with Crippen molar-refractivity contribution in [2.75, 3.05) is 13.1 Å². The highest BCUT2D eigenvalue weighted by Gasteiger charge is 2.19. The lowest BCUT2D eigenvalue weighted by atomic mass is 10.4. The van der Waals surface area contributed by atoms with Crippen LogP contribution in [0, 0.1) is 0 Å². The molecule has 0 spiro atoms. The van der Waals surface area contributed by atoms with Crippen molar-refractivity contribution >= 4 is 49.4 Å². The summed E-state index contributed by atoms with van der Waals surface area (Å²) in [6.45, 7) is -1.17. The summed E-state index contributed by atoms with van der Waals surface area (Å²) in [6, 6.07) is 4.18. The van der Waals surface area contributed by atoms with Crippen LogP contribution in [0.1, 0.15) is 0 Å². The van der Waals surface area contributed by atoms with E-state index in [1.807, 2.05) is 10.0 Å². The fraction of sp³-hybridized carbons (Fsp3) is 0.200. The van der Waals surface area contributed by atoms with Crippen LogP contribution in [0.5, 0.6) is 0 Å². The number of carbonyl (C=O) groups excluding carboxylic acids is 1. The summed E-state index contributed by atoms with van der Waals surface area (Å²) in [5.41, 5.74) is 0. The molecule has 0 aliphatic heterocycles. The van der Waals surface area contributed by atoms with Gasteiger partial charge in [0.1, 0.15) is 11.4 Å². The van der Waals surface area contributed by atoms with E-state index >= 15 is 0 Å². The van der Waals surface area contributed by atoms with Crippen LogP contribution in [0.15, 0.2) is 27.6 Å². The maximum absolute atomic E-state index is 11.9. The van der Waals surface area contributed by atoms with Crippen LogP contribution in [0.2, 0.25) is 5.02 Å². The van der Waals surface area contributed by atoms with E-state index in [4.69, 9.17) is 16.7 Å². The summed E-state index contributed by atoms with van der Waals surface area (Å²) in [6.07, 6.45) is 0. The first-order valence-corrected chi connectivity index (χ1v) is 7.81. The van der Waals surface area contributed by atoms with Gasteiger partial charge in [-0.25, -0.2) is 13.1 Å². The first-order valence-electron chi connectivity index (χ1n) is 5.15. The van der Waals surface area contributed by atoms with Crippen LogP contribution in [-0.2, 0) is 19.6 Å². The molecule has 20 heavy (non-hydrogen) atoms. The lowest BCUT2D eigenvalue weighted by Gasteiger charge is -2.08. The van der Waals surface area contributed by atoms with Crippen molar-refractivity contribution in [3.05, 3.63) is 27.7 Å². The molecule has 1 rings (SSSR count). The first-order chi connectivity index (χ1) is 9.22. The molecular formula is C10H10BrClN2O5S. The number of rotatable bonds is 6. The van der Waals surface area contributed by atoms with E-state index in [0.29, 0.717) is 4.47 Å². The second-order valence-corrected chi connectivity index (χ2v) is 6.63. The van der Waals surface area contributed by atoms with Gasteiger partial charge in [0, 0.05) is 4.47 Å². The van der Waals surface area contributed by atoms with Crippen molar-refractivity contribution in [3.63, 3.8) is 0 Å². The van der Waals surface area contributed by atoms with Crippen LogP contribution in [0.3, 0.4) is 0 Å². The van der Waals surface area contributed by atoms with E-state index in [0.717, 1.165) is 0 Å². The molecule has 10 heteroatoms. The van der Waals surface area contributed by atoms with Crippen LogP contribution in [0.25, 0.3) is 0 Å². The standard InChI is InChI=1S/C10H10BrClN2O5S/c11-6-1-2-8(7(12)3-6)20(18,19)14-4-9(15)13-5-10(16)17/h1-3,14H,4-5H2,(H,13,15)(H,16,17). The molecule has 110 valence electrons. The highest BCUT2D eigenvalue weighted by atomic mass is 79.9. The lowest BCUT2D eigenvalue weighted by molar-refractivity contribution is -0.137. The third-order valence-corrected chi connectivity index (χ3v) is 4.42. The second-order valence-electron chi connectivity index (χ2n) is 3.57. The molecule has 3 N–H and O–H groups in total. The highest BCUT2D eigenvalue weighted by Crippen LogP contribution is 2.24. The zero-order chi connectivity index (χ0) is 15.3. The maximum atomic E-state index is 11.9. The SMILES string of the molecule is O=C(O)CNC(=O)CNS(=O)(=O)c1ccc(Br)cc1Cl. The van der Waals surface area contributed by atoms with Gasteiger partial charge in [-0.2, -0.15) is 0 Å². The van der Waals surface area contributed by atoms with Crippen molar-refractivity contribution in [1.82, 2.24) is 10.0 Å². The zero-order valence-electron chi connectivity index (χ0n) is 9.89. The minimum absolute atomic E-state index is 0.00202. The number of halogens is 2. The Kier molecular flexibility index (Phi) is 5.93. The Hall–Kier alpha value is -1.16. The van der Waals surface area contributed by atoms with E-state index in [1.165, 1.54) is 18.2 Å². The summed E-state index contributed by atoms with van der Waals surface area (Å²) in [5.74, 6) is -1.98. The summed E-state index contributed by atoms with van der Waals surface area (Å²) in [5, 5.41) is 10.4. The molecule has 0 unspecified atom stereocenters. The van der Waals surface area contributed by atoms with Gasteiger partial charge in [0.25, 0.3) is 0 Å². The largest absolute Gasteiger partial charge is 0.480 e. The van der Waals surface area contributed by atoms with Gasteiger partial charge in [0.2, 0.25) is 15.9 Å². The maximum Gasteiger partial charge on any atom is 0.322 e. The number of carbonyl (C=O) groups is 2. The predicted molar refractivity (Wildman–Crippen MR) is 75.0 cm³/mol. The average Bonchev–Trinajstić information content (AvgIpc) is 2.33. The van der Waals surface area contributed by atoms with Crippen molar-refractivity contribution in [3.8, 4) is 0 Å². The fourth-order valence-electron chi connectivity index (χ4n) is 1.17. The number of carboxylic acids is 1. The molecule has 0 aliphatic carbocycles. The fourth-order valence-corrected chi connectivity index (χ4v) is 3.19. The molecule has 1 aromatic rings. The Balaban J connectivity index is 2.71. The molecule has 0 saturated heterocycles. The quantitative estimate of drug-likeness (QED) is 0.663. The summed E-state index contributed by atoms with van der Waals surface area (Å²) in [7, 11) is -3.95. The molecule has 0 saturated carbocycles. The molecule has 1 aromatic carbocycles. The molecule has 1 amide bonds. The van der Waals surface area contributed by atoms with Crippen LogP contribution in [-0.4, -0.2) is 38.5 Å². The Labute approximate surface area is 128 Å². The number of carboxylic acid groups (broad SMARTS) is 1. The van der Waals surface area contributed by atoms with Crippen LogP contribution < -0.4 is 10.0 Å². The van der Waals surface area contributed by atoms with Gasteiger partial charge in [-0.3, -0.25) is 9.59 Å². The molecule has 0 bridgehead atoms. The summed E-state index contributed by atoms with van der Waals surface area (Å²) in [4.78, 5) is 21.3. The van der Waals surface area contributed by atoms with E-state index in [1.54, 1.807) is 0 Å². The normalized spacial score (nSPS) is 11.1. The second kappa shape index (κ2) is 7.02. The number of sulfonamides is 1. The number of amides is 1. The summed E-state index contributed by atoms with van der Waals surface area (Å²) >= 11 is 8.94. The highest BCUT2D eigenvalue weighted by molar-refractivity contribution is 9.10. The first kappa shape index (κ1) is 16.9. The van der Waals surface area contributed by atoms with E-state index in [-0.39, 0.29) is 9.92 Å². The van der Waals surface area contributed by atoms with Gasteiger partial charge >= 0.3 is 5.97 Å². The van der Waals surface area contributed by atoms with E-state index < -0.39 is 35.0 Å². The van der Waals surface area contributed by atoms with Crippen molar-refractivity contribution < 1.29 is 23.1 Å². The smallest absolute Gasteiger partial charge is 0.322 e. The third-order valence-electron chi connectivity index (χ3n) is 2.04. The molecule has 7 nitrogen and oxygen atoms in total. The van der Waals surface area contributed by atoms with E-state index in [9.17, 15) is 18.0 Å². The third kappa shape index (κ3) is 5.08. The number of nitrogens with one attached hydrogen (secondary N) is 2. The minimum atomic E-state index is -3.95. The topological polar surface area (TPSA) is 113 Å². The van der Waals surface area contributed by atoms with E-state index in [2.05, 4.69) is 15.9 Å². The lowest BCUT2D eigenvalue weighted by Crippen LogP contribution is -2.39. The van der Waals surface area contributed by atoms with Crippen molar-refractivity contribution in [2.24, 2.45) is 0 Å². The predicted octanol–water partition coefficient (Wildman–Crippen LogP) is 0.582. The number of aliphatic carboxylic acids is 1. The van der Waals surface area contributed by atoms with Gasteiger partial charge in [-0.1, -0.05) is 27.5 Å². The Morgan fingerprint density at radius 3 is 2.50 bits per heavy atom. The Morgan fingerprint density at radius 2 is 1.95 bits per heavy atom. The molecule has 0 heterocycles. The average molecular weight is 386 g/mol. The zero-order valence-corrected chi connectivity index (χ0v) is 13.0. The molecule has 0 atom stereocenters. The van der Waals surface area contributed by atoms with Gasteiger partial charge in [0.05, 0.1) is 11.6 Å². The molecule has 0 aromatic heterocycles. The van der Waals surface area contributed by atoms with Gasteiger partial charge in [0.15, 0.2) is 0 Å². The van der Waals surface area contributed by atoms with Crippen LogP contribution in [0.4, 0.5) is 0 Å². The van der Waals surface area contributed by atoms with Gasteiger partial charge < -0.3 is 10.4 Å². The van der Waals surface area contributed by atoms with Gasteiger partial charge in [-0.05, 0) is 18.2 Å². The monoisotopic (exact) mass is 384 g/mol. The van der Waals surface area contributed by atoms with Crippen molar-refractivity contribution in [1.29, 1.82) is 0 Å². The van der Waals surface area contributed by atoms with Gasteiger partial charge in [-0.15, -0.1) is 0 Å². The summed E-state index contributed by atoms with van der Waals surface area (Å²) < 4.78 is 26.4.